The molecular formula is C12H14BrN5O. The molecule has 1 amide bonds. The first kappa shape index (κ1) is 13.7. The quantitative estimate of drug-likeness (QED) is 0.883. The lowest BCUT2D eigenvalue weighted by Crippen LogP contribution is -2.24. The van der Waals surface area contributed by atoms with Gasteiger partial charge in [-0.3, -0.25) is 10.1 Å². The molecular weight excluding hydrogens is 310 g/mol. The minimum atomic E-state index is -0.128. The highest BCUT2D eigenvalue weighted by Gasteiger charge is 2.19. The summed E-state index contributed by atoms with van der Waals surface area (Å²) in [4.78, 5) is 12.1. The normalized spacial score (nSPS) is 12.1. The molecule has 0 aliphatic rings. The monoisotopic (exact) mass is 323 g/mol. The maximum atomic E-state index is 12.1. The smallest absolute Gasteiger partial charge is 0.269 e. The SMILES string of the molecule is CC[C@@H](Cc1ccccc1Br)C(=O)Nc1nn[nH]n1. The van der Waals surface area contributed by atoms with Crippen LogP contribution in [-0.4, -0.2) is 26.5 Å². The summed E-state index contributed by atoms with van der Waals surface area (Å²) in [5.41, 5.74) is 1.11. The van der Waals surface area contributed by atoms with E-state index in [0.29, 0.717) is 6.42 Å². The highest BCUT2D eigenvalue weighted by Crippen LogP contribution is 2.21. The minimum Gasteiger partial charge on any atom is -0.292 e. The number of benzene rings is 1. The average molecular weight is 324 g/mol. The van der Waals surface area contributed by atoms with Crippen molar-refractivity contribution in [1.29, 1.82) is 0 Å². The van der Waals surface area contributed by atoms with Crippen molar-refractivity contribution in [2.75, 3.05) is 5.32 Å². The number of H-pyrrole nitrogens is 1. The summed E-state index contributed by atoms with van der Waals surface area (Å²) in [5.74, 6) is -0.0209. The second-order valence-electron chi connectivity index (χ2n) is 4.13. The Hall–Kier alpha value is -1.76. The standard InChI is InChI=1S/C12H14BrN5O/c1-2-8(7-9-5-3-4-6-10(9)13)11(19)14-12-15-17-18-16-12/h3-6,8H,2,7H2,1H3,(H2,14,15,16,17,18,19)/t8-/m0/s1. The van der Waals surface area contributed by atoms with Gasteiger partial charge in [0.1, 0.15) is 0 Å². The van der Waals surface area contributed by atoms with Gasteiger partial charge in [0.05, 0.1) is 0 Å². The Morgan fingerprint density at radius 1 is 1.47 bits per heavy atom. The third kappa shape index (κ3) is 3.60. The molecule has 19 heavy (non-hydrogen) atoms. The van der Waals surface area contributed by atoms with Gasteiger partial charge in [-0.1, -0.05) is 46.2 Å². The van der Waals surface area contributed by atoms with Crippen LogP contribution in [0.5, 0.6) is 0 Å². The van der Waals surface area contributed by atoms with Crippen molar-refractivity contribution >= 4 is 27.8 Å². The number of rotatable bonds is 5. The van der Waals surface area contributed by atoms with Gasteiger partial charge < -0.3 is 0 Å². The summed E-state index contributed by atoms with van der Waals surface area (Å²) >= 11 is 3.49. The van der Waals surface area contributed by atoms with E-state index >= 15 is 0 Å². The molecule has 6 nitrogen and oxygen atoms in total. The molecule has 7 heteroatoms. The topological polar surface area (TPSA) is 83.6 Å². The van der Waals surface area contributed by atoms with E-state index in [2.05, 4.69) is 41.9 Å². The number of anilines is 1. The Balaban J connectivity index is 2.04. The fraction of sp³-hybridized carbons (Fsp3) is 0.333. The van der Waals surface area contributed by atoms with Crippen molar-refractivity contribution in [3.63, 3.8) is 0 Å². The van der Waals surface area contributed by atoms with Crippen LogP contribution in [-0.2, 0) is 11.2 Å². The molecule has 2 rings (SSSR count). The zero-order chi connectivity index (χ0) is 13.7. The van der Waals surface area contributed by atoms with E-state index in [4.69, 9.17) is 0 Å². The van der Waals surface area contributed by atoms with Crippen LogP contribution in [0.25, 0.3) is 0 Å². The summed E-state index contributed by atoms with van der Waals surface area (Å²) in [6.45, 7) is 1.98. The lowest BCUT2D eigenvalue weighted by Gasteiger charge is -2.14. The molecule has 0 unspecified atom stereocenters. The van der Waals surface area contributed by atoms with Crippen LogP contribution in [0.3, 0.4) is 0 Å². The first-order valence-corrected chi connectivity index (χ1v) is 6.77. The number of hydrogen-bond donors (Lipinski definition) is 2. The molecule has 100 valence electrons. The second-order valence-corrected chi connectivity index (χ2v) is 4.98. The van der Waals surface area contributed by atoms with E-state index in [1.54, 1.807) is 0 Å². The summed E-state index contributed by atoms with van der Waals surface area (Å²) < 4.78 is 1.01. The number of carbonyl (C=O) groups is 1. The molecule has 2 aromatic rings. The zero-order valence-electron chi connectivity index (χ0n) is 10.4. The Bertz CT molecular complexity index is 543. The lowest BCUT2D eigenvalue weighted by molar-refractivity contribution is -0.120. The van der Waals surface area contributed by atoms with Gasteiger partial charge in [-0.2, -0.15) is 5.21 Å². The van der Waals surface area contributed by atoms with Gasteiger partial charge >= 0.3 is 0 Å². The van der Waals surface area contributed by atoms with Gasteiger partial charge in [0, 0.05) is 10.4 Å². The van der Waals surface area contributed by atoms with Crippen LogP contribution >= 0.6 is 15.9 Å². The Morgan fingerprint density at radius 3 is 2.89 bits per heavy atom. The molecule has 0 spiro atoms. The Morgan fingerprint density at radius 2 is 2.26 bits per heavy atom. The first-order chi connectivity index (χ1) is 9.20. The molecule has 0 saturated heterocycles. The highest BCUT2D eigenvalue weighted by molar-refractivity contribution is 9.10. The van der Waals surface area contributed by atoms with E-state index in [1.165, 1.54) is 0 Å². The second kappa shape index (κ2) is 6.42. The molecule has 1 aromatic carbocycles. The predicted molar refractivity (Wildman–Crippen MR) is 74.4 cm³/mol. The largest absolute Gasteiger partial charge is 0.292 e. The molecule has 1 atom stereocenters. The zero-order valence-corrected chi connectivity index (χ0v) is 12.0. The van der Waals surface area contributed by atoms with Crippen LogP contribution in [0, 0.1) is 5.92 Å². The number of nitrogens with one attached hydrogen (secondary N) is 2. The molecule has 2 N–H and O–H groups in total. The third-order valence-corrected chi connectivity index (χ3v) is 3.64. The van der Waals surface area contributed by atoms with Crippen LogP contribution in [0.15, 0.2) is 28.7 Å². The van der Waals surface area contributed by atoms with Crippen LogP contribution < -0.4 is 5.32 Å². The molecule has 0 aliphatic heterocycles. The van der Waals surface area contributed by atoms with E-state index in [0.717, 1.165) is 16.5 Å². The van der Waals surface area contributed by atoms with Crippen molar-refractivity contribution in [3.8, 4) is 0 Å². The van der Waals surface area contributed by atoms with Gasteiger partial charge in [0.25, 0.3) is 5.95 Å². The molecule has 1 heterocycles. The van der Waals surface area contributed by atoms with Crippen molar-refractivity contribution in [2.45, 2.75) is 19.8 Å². The van der Waals surface area contributed by atoms with E-state index < -0.39 is 0 Å². The summed E-state index contributed by atoms with van der Waals surface area (Å²) in [6.07, 6.45) is 1.41. The Kier molecular flexibility index (Phi) is 4.62. The first-order valence-electron chi connectivity index (χ1n) is 5.98. The molecule has 0 saturated carbocycles. The number of aromatic amines is 1. The molecule has 0 aliphatic carbocycles. The fourth-order valence-corrected chi connectivity index (χ4v) is 2.23. The van der Waals surface area contributed by atoms with Crippen molar-refractivity contribution in [1.82, 2.24) is 20.6 Å². The minimum absolute atomic E-state index is 0.0975. The molecule has 0 fully saturated rings. The van der Waals surface area contributed by atoms with Gasteiger partial charge in [0.2, 0.25) is 5.91 Å². The third-order valence-electron chi connectivity index (χ3n) is 2.87. The molecule has 0 radical (unpaired) electrons. The van der Waals surface area contributed by atoms with Gasteiger partial charge in [-0.25, -0.2) is 0 Å². The van der Waals surface area contributed by atoms with E-state index in [-0.39, 0.29) is 17.8 Å². The molecule has 0 bridgehead atoms. The van der Waals surface area contributed by atoms with E-state index in [1.807, 2.05) is 31.2 Å². The van der Waals surface area contributed by atoms with E-state index in [9.17, 15) is 4.79 Å². The highest BCUT2D eigenvalue weighted by atomic mass is 79.9. The lowest BCUT2D eigenvalue weighted by atomic mass is 9.96. The number of tetrazole rings is 1. The molecule has 1 aromatic heterocycles. The van der Waals surface area contributed by atoms with Gasteiger partial charge in [-0.05, 0) is 29.7 Å². The summed E-state index contributed by atoms with van der Waals surface area (Å²) in [7, 11) is 0. The van der Waals surface area contributed by atoms with Crippen LogP contribution in [0.2, 0.25) is 0 Å². The van der Waals surface area contributed by atoms with Crippen molar-refractivity contribution < 1.29 is 4.79 Å². The maximum Gasteiger partial charge on any atom is 0.269 e. The van der Waals surface area contributed by atoms with Crippen molar-refractivity contribution in [3.05, 3.63) is 34.3 Å². The predicted octanol–water partition coefficient (Wildman–Crippen LogP) is 2.17. The average Bonchev–Trinajstić information content (AvgIpc) is 2.90. The summed E-state index contributed by atoms with van der Waals surface area (Å²) in [5, 5.41) is 15.8. The van der Waals surface area contributed by atoms with Crippen LogP contribution in [0.1, 0.15) is 18.9 Å². The van der Waals surface area contributed by atoms with Gasteiger partial charge in [-0.15, -0.1) is 5.10 Å². The Labute approximate surface area is 119 Å². The van der Waals surface area contributed by atoms with Crippen molar-refractivity contribution in [2.24, 2.45) is 5.92 Å². The number of amides is 1. The number of nitrogens with zero attached hydrogens (tertiary/aromatic N) is 3. The maximum absolute atomic E-state index is 12.1. The number of hydrogen-bond acceptors (Lipinski definition) is 4. The number of halogens is 1. The van der Waals surface area contributed by atoms with Gasteiger partial charge in [0.15, 0.2) is 0 Å². The van der Waals surface area contributed by atoms with Crippen LogP contribution in [0.4, 0.5) is 5.95 Å². The fourth-order valence-electron chi connectivity index (χ4n) is 1.78. The summed E-state index contributed by atoms with van der Waals surface area (Å²) in [6, 6.07) is 7.89. The number of carbonyl (C=O) groups excluding carboxylic acids is 1. The number of aromatic nitrogens is 4.